The van der Waals surface area contributed by atoms with Crippen LogP contribution in [0.25, 0.3) is 0 Å². The molecule has 0 saturated carbocycles. The highest BCUT2D eigenvalue weighted by Gasteiger charge is 2.00. The molecule has 1 heterocycles. The van der Waals surface area contributed by atoms with E-state index in [0.29, 0.717) is 0 Å². The molecule has 0 radical (unpaired) electrons. The quantitative estimate of drug-likeness (QED) is 0.766. The molecule has 0 saturated heterocycles. The second kappa shape index (κ2) is 4.85. The van der Waals surface area contributed by atoms with Crippen LogP contribution >= 0.6 is 0 Å². The third-order valence-electron chi connectivity index (χ3n) is 2.38. The molecule has 1 aromatic heterocycles. The Bertz CT molecular complexity index is 258. The Hall–Kier alpha value is -1.05. The monoisotopic (exact) mass is 178 g/mol. The van der Waals surface area contributed by atoms with Crippen LogP contribution in [0.15, 0.2) is 18.5 Å². The van der Waals surface area contributed by atoms with Crippen molar-refractivity contribution in [3.63, 3.8) is 0 Å². The van der Waals surface area contributed by atoms with E-state index in [1.165, 1.54) is 12.0 Å². The van der Waals surface area contributed by atoms with Gasteiger partial charge in [0.25, 0.3) is 0 Å². The van der Waals surface area contributed by atoms with Crippen LogP contribution in [0.5, 0.6) is 0 Å². The van der Waals surface area contributed by atoms with Crippen LogP contribution in [-0.2, 0) is 0 Å². The van der Waals surface area contributed by atoms with E-state index < -0.39 is 0 Å². The molecule has 0 aliphatic rings. The zero-order valence-electron chi connectivity index (χ0n) is 8.67. The van der Waals surface area contributed by atoms with Crippen LogP contribution < -0.4 is 5.32 Å². The first kappa shape index (κ1) is 10.0. The average molecular weight is 178 g/mol. The van der Waals surface area contributed by atoms with Gasteiger partial charge in [-0.05, 0) is 24.5 Å². The molecule has 0 spiro atoms. The lowest BCUT2D eigenvalue weighted by Gasteiger charge is -2.12. The molecule has 0 fully saturated rings. The minimum atomic E-state index is 0.722. The Morgan fingerprint density at radius 2 is 2.31 bits per heavy atom. The molecule has 13 heavy (non-hydrogen) atoms. The number of aromatic nitrogens is 1. The van der Waals surface area contributed by atoms with Gasteiger partial charge in [-0.1, -0.05) is 20.3 Å². The Labute approximate surface area is 80.4 Å². The Kier molecular flexibility index (Phi) is 3.74. The number of rotatable bonds is 4. The second-order valence-electron chi connectivity index (χ2n) is 3.58. The third kappa shape index (κ3) is 3.05. The van der Waals surface area contributed by atoms with Crippen LogP contribution in [0.3, 0.4) is 0 Å². The van der Waals surface area contributed by atoms with Crippen molar-refractivity contribution in [2.45, 2.75) is 27.2 Å². The van der Waals surface area contributed by atoms with Crippen LogP contribution in [0, 0.1) is 12.8 Å². The number of hydrogen-bond acceptors (Lipinski definition) is 2. The molecule has 2 heteroatoms. The smallest absolute Gasteiger partial charge is 0.0556 e. The fourth-order valence-electron chi connectivity index (χ4n) is 1.08. The Morgan fingerprint density at radius 1 is 1.54 bits per heavy atom. The van der Waals surface area contributed by atoms with Crippen LogP contribution in [0.4, 0.5) is 5.69 Å². The van der Waals surface area contributed by atoms with E-state index in [2.05, 4.69) is 31.1 Å². The molecule has 1 unspecified atom stereocenters. The number of anilines is 1. The van der Waals surface area contributed by atoms with Crippen molar-refractivity contribution >= 4 is 5.69 Å². The summed E-state index contributed by atoms with van der Waals surface area (Å²) in [7, 11) is 0. The maximum atomic E-state index is 4.09. The Balaban J connectivity index is 2.50. The summed E-state index contributed by atoms with van der Waals surface area (Å²) in [5, 5.41) is 3.40. The molecule has 0 amide bonds. The average Bonchev–Trinajstić information content (AvgIpc) is 2.16. The van der Waals surface area contributed by atoms with Crippen molar-refractivity contribution in [1.82, 2.24) is 4.98 Å². The largest absolute Gasteiger partial charge is 0.383 e. The number of nitrogens with zero attached hydrogens (tertiary/aromatic N) is 1. The summed E-state index contributed by atoms with van der Waals surface area (Å²) in [5.74, 6) is 0.722. The molecule has 0 bridgehead atoms. The van der Waals surface area contributed by atoms with Gasteiger partial charge >= 0.3 is 0 Å². The lowest BCUT2D eigenvalue weighted by atomic mass is 10.1. The highest BCUT2D eigenvalue weighted by atomic mass is 14.9. The summed E-state index contributed by atoms with van der Waals surface area (Å²) in [6.07, 6.45) is 4.92. The molecular formula is C11H18N2. The van der Waals surface area contributed by atoms with Crippen molar-refractivity contribution in [2.24, 2.45) is 5.92 Å². The fraction of sp³-hybridized carbons (Fsp3) is 0.545. The van der Waals surface area contributed by atoms with Crippen LogP contribution in [-0.4, -0.2) is 11.5 Å². The minimum absolute atomic E-state index is 0.722. The standard InChI is InChI=1S/C11H18N2/c1-4-9(2)7-13-11-8-12-6-5-10(11)3/h5-6,8-9,13H,4,7H2,1-3H3. The number of aryl methyl sites for hydroxylation is 1. The summed E-state index contributed by atoms with van der Waals surface area (Å²) >= 11 is 0. The third-order valence-corrected chi connectivity index (χ3v) is 2.38. The molecule has 0 aliphatic carbocycles. The van der Waals surface area contributed by atoms with Gasteiger partial charge in [-0.25, -0.2) is 0 Å². The first-order chi connectivity index (χ1) is 6.24. The van der Waals surface area contributed by atoms with Crippen molar-refractivity contribution in [3.8, 4) is 0 Å². The summed E-state index contributed by atoms with van der Waals surface area (Å²) in [5.41, 5.74) is 2.42. The van der Waals surface area contributed by atoms with E-state index in [1.807, 2.05) is 18.5 Å². The molecule has 72 valence electrons. The van der Waals surface area contributed by atoms with E-state index in [4.69, 9.17) is 0 Å². The zero-order valence-corrected chi connectivity index (χ0v) is 8.67. The van der Waals surface area contributed by atoms with Gasteiger partial charge in [0.15, 0.2) is 0 Å². The normalized spacial score (nSPS) is 12.5. The molecule has 0 aromatic carbocycles. The predicted octanol–water partition coefficient (Wildman–Crippen LogP) is 2.85. The molecule has 0 aliphatic heterocycles. The number of pyridine rings is 1. The molecule has 2 nitrogen and oxygen atoms in total. The van der Waals surface area contributed by atoms with E-state index >= 15 is 0 Å². The summed E-state index contributed by atoms with van der Waals surface area (Å²) in [6, 6.07) is 2.03. The van der Waals surface area contributed by atoms with Crippen LogP contribution in [0.2, 0.25) is 0 Å². The van der Waals surface area contributed by atoms with Gasteiger partial charge in [0.2, 0.25) is 0 Å². The topological polar surface area (TPSA) is 24.9 Å². The molecule has 1 N–H and O–H groups in total. The summed E-state index contributed by atoms with van der Waals surface area (Å²) < 4.78 is 0. The molecule has 1 aromatic rings. The van der Waals surface area contributed by atoms with Crippen molar-refractivity contribution in [3.05, 3.63) is 24.0 Å². The molecule has 1 atom stereocenters. The SMILES string of the molecule is CCC(C)CNc1cnccc1C. The lowest BCUT2D eigenvalue weighted by Crippen LogP contribution is -2.11. The van der Waals surface area contributed by atoms with Crippen molar-refractivity contribution < 1.29 is 0 Å². The zero-order chi connectivity index (χ0) is 9.68. The van der Waals surface area contributed by atoms with Gasteiger partial charge < -0.3 is 5.32 Å². The minimum Gasteiger partial charge on any atom is -0.383 e. The molecule has 1 rings (SSSR count). The summed E-state index contributed by atoms with van der Waals surface area (Å²) in [6.45, 7) is 7.59. The van der Waals surface area contributed by atoms with E-state index in [0.717, 1.165) is 18.2 Å². The Morgan fingerprint density at radius 3 is 2.92 bits per heavy atom. The maximum Gasteiger partial charge on any atom is 0.0556 e. The second-order valence-corrected chi connectivity index (χ2v) is 3.58. The van der Waals surface area contributed by atoms with Crippen molar-refractivity contribution in [1.29, 1.82) is 0 Å². The first-order valence-electron chi connectivity index (χ1n) is 4.88. The summed E-state index contributed by atoms with van der Waals surface area (Å²) in [4.78, 5) is 4.09. The van der Waals surface area contributed by atoms with E-state index in [-0.39, 0.29) is 0 Å². The van der Waals surface area contributed by atoms with Gasteiger partial charge in [-0.3, -0.25) is 4.98 Å². The van der Waals surface area contributed by atoms with Gasteiger partial charge in [0.1, 0.15) is 0 Å². The van der Waals surface area contributed by atoms with E-state index in [1.54, 1.807) is 0 Å². The van der Waals surface area contributed by atoms with Gasteiger partial charge in [-0.15, -0.1) is 0 Å². The fourth-order valence-corrected chi connectivity index (χ4v) is 1.08. The number of nitrogens with one attached hydrogen (secondary N) is 1. The maximum absolute atomic E-state index is 4.09. The van der Waals surface area contributed by atoms with Gasteiger partial charge in [0.05, 0.1) is 11.9 Å². The number of hydrogen-bond donors (Lipinski definition) is 1. The van der Waals surface area contributed by atoms with E-state index in [9.17, 15) is 0 Å². The van der Waals surface area contributed by atoms with Gasteiger partial charge in [0, 0.05) is 12.7 Å². The predicted molar refractivity (Wildman–Crippen MR) is 56.9 cm³/mol. The first-order valence-corrected chi connectivity index (χ1v) is 4.88. The highest BCUT2D eigenvalue weighted by Crippen LogP contribution is 2.12. The van der Waals surface area contributed by atoms with Gasteiger partial charge in [-0.2, -0.15) is 0 Å². The molecular weight excluding hydrogens is 160 g/mol. The lowest BCUT2D eigenvalue weighted by molar-refractivity contribution is 0.593. The van der Waals surface area contributed by atoms with Crippen LogP contribution in [0.1, 0.15) is 25.8 Å². The van der Waals surface area contributed by atoms with Crippen molar-refractivity contribution in [2.75, 3.05) is 11.9 Å². The highest BCUT2D eigenvalue weighted by molar-refractivity contribution is 5.47.